The van der Waals surface area contributed by atoms with Crippen molar-refractivity contribution in [3.05, 3.63) is 17.3 Å². The molecule has 0 fully saturated rings. The van der Waals surface area contributed by atoms with Crippen LogP contribution >= 0.6 is 0 Å². The summed E-state index contributed by atoms with van der Waals surface area (Å²) in [6.45, 7) is -0.282. The minimum atomic E-state index is -4.91. The van der Waals surface area contributed by atoms with Crippen molar-refractivity contribution in [2.45, 2.75) is 12.9 Å². The van der Waals surface area contributed by atoms with Crippen LogP contribution in [0, 0.1) is 0 Å². The zero-order valence-corrected chi connectivity index (χ0v) is 10.1. The Hall–Kier alpha value is -2.03. The lowest BCUT2D eigenvalue weighted by molar-refractivity contribution is -0.276. The molecule has 1 rings (SSSR count). The molecule has 0 radical (unpaired) electrons. The Morgan fingerprint density at radius 1 is 1.42 bits per heavy atom. The van der Waals surface area contributed by atoms with E-state index < -0.39 is 18.2 Å². The first-order valence-corrected chi connectivity index (χ1v) is 4.94. The molecule has 0 atom stereocenters. The van der Waals surface area contributed by atoms with E-state index in [2.05, 4.69) is 14.5 Å². The second-order valence-electron chi connectivity index (χ2n) is 3.23. The summed E-state index contributed by atoms with van der Waals surface area (Å²) in [7, 11) is 2.29. The number of pyridine rings is 1. The number of nitrogens with zero attached hydrogens (tertiary/aromatic N) is 1. The fourth-order valence-corrected chi connectivity index (χ4v) is 1.35. The predicted octanol–water partition coefficient (Wildman–Crippen LogP) is 1.23. The van der Waals surface area contributed by atoms with Crippen molar-refractivity contribution in [1.29, 1.82) is 0 Å². The Kier molecular flexibility index (Phi) is 4.54. The normalized spacial score (nSPS) is 11.1. The number of methoxy groups -OCH3 is 2. The Balaban J connectivity index is 3.32. The van der Waals surface area contributed by atoms with Crippen molar-refractivity contribution in [3.8, 4) is 11.6 Å². The van der Waals surface area contributed by atoms with Gasteiger partial charge in [0.15, 0.2) is 0 Å². The van der Waals surface area contributed by atoms with Crippen molar-refractivity contribution < 1.29 is 32.2 Å². The molecule has 6 nitrogen and oxygen atoms in total. The molecular weight excluding hydrogens is 269 g/mol. The molecule has 2 N–H and O–H groups in total. The van der Waals surface area contributed by atoms with Crippen LogP contribution in [0.25, 0.3) is 0 Å². The van der Waals surface area contributed by atoms with Gasteiger partial charge in [0.05, 0.1) is 19.9 Å². The van der Waals surface area contributed by atoms with Crippen molar-refractivity contribution in [1.82, 2.24) is 4.98 Å². The fourth-order valence-electron chi connectivity index (χ4n) is 1.35. The van der Waals surface area contributed by atoms with Crippen LogP contribution in [-0.2, 0) is 11.3 Å². The average Bonchev–Trinajstić information content (AvgIpc) is 2.34. The Bertz CT molecular complexity index is 451. The molecule has 9 heteroatoms. The highest BCUT2D eigenvalue weighted by Gasteiger charge is 2.33. The first-order chi connectivity index (χ1) is 8.82. The maximum atomic E-state index is 12.1. The number of carbonyl (C=O) groups excluding carboxylic acids is 1. The van der Waals surface area contributed by atoms with Gasteiger partial charge in [0.1, 0.15) is 11.3 Å². The van der Waals surface area contributed by atoms with Crippen LogP contribution in [0.3, 0.4) is 0 Å². The third-order valence-corrected chi connectivity index (χ3v) is 2.06. The zero-order chi connectivity index (χ0) is 14.6. The van der Waals surface area contributed by atoms with Crippen LogP contribution < -0.4 is 15.2 Å². The molecule has 0 saturated carbocycles. The zero-order valence-electron chi connectivity index (χ0n) is 10.1. The highest BCUT2D eigenvalue weighted by Crippen LogP contribution is 2.29. The van der Waals surface area contributed by atoms with Crippen molar-refractivity contribution in [3.63, 3.8) is 0 Å². The number of esters is 1. The molecule has 0 aliphatic rings. The maximum Gasteiger partial charge on any atom is 0.574 e. The summed E-state index contributed by atoms with van der Waals surface area (Å²) < 4.78 is 49.3. The summed E-state index contributed by atoms with van der Waals surface area (Å²) >= 11 is 0. The summed E-state index contributed by atoms with van der Waals surface area (Å²) in [5.41, 5.74) is 5.08. The van der Waals surface area contributed by atoms with Crippen molar-refractivity contribution in [2.75, 3.05) is 14.2 Å². The smallest absolute Gasteiger partial charge is 0.496 e. The summed E-state index contributed by atoms with van der Waals surface area (Å²) in [5.74, 6) is -1.75. The van der Waals surface area contributed by atoms with E-state index in [4.69, 9.17) is 10.5 Å². The van der Waals surface area contributed by atoms with E-state index in [0.29, 0.717) is 0 Å². The van der Waals surface area contributed by atoms with E-state index >= 15 is 0 Å². The first-order valence-electron chi connectivity index (χ1n) is 4.94. The van der Waals surface area contributed by atoms with Gasteiger partial charge in [-0.3, -0.25) is 0 Å². The number of halogens is 3. The van der Waals surface area contributed by atoms with Gasteiger partial charge in [-0.1, -0.05) is 0 Å². The van der Waals surface area contributed by atoms with Gasteiger partial charge in [0, 0.05) is 12.6 Å². The molecule has 0 aliphatic heterocycles. The van der Waals surface area contributed by atoms with E-state index in [1.165, 1.54) is 7.11 Å². The minimum absolute atomic E-state index is 0.120. The molecule has 0 amide bonds. The highest BCUT2D eigenvalue weighted by molar-refractivity contribution is 5.93. The van der Waals surface area contributed by atoms with Crippen molar-refractivity contribution >= 4 is 5.97 Å². The molecule has 0 spiro atoms. The Labute approximate surface area is 106 Å². The van der Waals surface area contributed by atoms with Gasteiger partial charge in [0.2, 0.25) is 5.88 Å². The van der Waals surface area contributed by atoms with Crippen LogP contribution in [0.4, 0.5) is 13.2 Å². The lowest BCUT2D eigenvalue weighted by atomic mass is 10.1. The van der Waals surface area contributed by atoms with E-state index in [9.17, 15) is 18.0 Å². The molecular formula is C10H11F3N2O4. The van der Waals surface area contributed by atoms with E-state index in [1.807, 2.05) is 0 Å². The third-order valence-electron chi connectivity index (χ3n) is 2.06. The molecule has 0 unspecified atom stereocenters. The standard InChI is InChI=1S/C10H11F3N2O4/c1-17-6-3-7(19-10(11,12)13)15-5(4-14)8(6)9(16)18-2/h3H,4,14H2,1-2H3. The first kappa shape index (κ1) is 15.0. The monoisotopic (exact) mass is 280 g/mol. The van der Waals surface area contributed by atoms with E-state index in [1.54, 1.807) is 0 Å². The maximum absolute atomic E-state index is 12.1. The number of hydrogen-bond acceptors (Lipinski definition) is 6. The van der Waals surface area contributed by atoms with Gasteiger partial charge in [-0.25, -0.2) is 9.78 Å². The molecule has 1 heterocycles. The molecule has 0 aromatic carbocycles. The van der Waals surface area contributed by atoms with Gasteiger partial charge in [-0.15, -0.1) is 13.2 Å². The number of rotatable bonds is 4. The number of alkyl halides is 3. The summed E-state index contributed by atoms with van der Waals surface area (Å²) in [4.78, 5) is 15.0. The predicted molar refractivity (Wildman–Crippen MR) is 56.7 cm³/mol. The Morgan fingerprint density at radius 3 is 2.47 bits per heavy atom. The largest absolute Gasteiger partial charge is 0.574 e. The van der Waals surface area contributed by atoms with Gasteiger partial charge >= 0.3 is 12.3 Å². The van der Waals surface area contributed by atoms with Crippen molar-refractivity contribution in [2.24, 2.45) is 5.73 Å². The Morgan fingerprint density at radius 2 is 2.05 bits per heavy atom. The van der Waals surface area contributed by atoms with E-state index in [0.717, 1.165) is 13.2 Å². The number of hydrogen-bond donors (Lipinski definition) is 1. The number of carbonyl (C=O) groups is 1. The molecule has 106 valence electrons. The third kappa shape index (κ3) is 3.71. The van der Waals surface area contributed by atoms with Gasteiger partial charge in [-0.05, 0) is 0 Å². The number of nitrogens with two attached hydrogens (primary N) is 1. The minimum Gasteiger partial charge on any atom is -0.496 e. The highest BCUT2D eigenvalue weighted by atomic mass is 19.4. The molecule has 0 bridgehead atoms. The molecule has 19 heavy (non-hydrogen) atoms. The number of ether oxygens (including phenoxy) is 3. The van der Waals surface area contributed by atoms with E-state index in [-0.39, 0.29) is 23.6 Å². The number of aromatic nitrogens is 1. The summed E-state index contributed by atoms with van der Waals surface area (Å²) in [5, 5.41) is 0. The van der Waals surface area contributed by atoms with Gasteiger partial charge < -0.3 is 19.9 Å². The summed E-state index contributed by atoms with van der Waals surface area (Å²) in [6.07, 6.45) is -4.91. The molecule has 0 saturated heterocycles. The van der Waals surface area contributed by atoms with Crippen LogP contribution in [0.15, 0.2) is 6.07 Å². The lowest BCUT2D eigenvalue weighted by Crippen LogP contribution is -2.20. The lowest BCUT2D eigenvalue weighted by Gasteiger charge is -2.14. The van der Waals surface area contributed by atoms with Crippen LogP contribution in [0.2, 0.25) is 0 Å². The van der Waals surface area contributed by atoms with Gasteiger partial charge in [0.25, 0.3) is 0 Å². The fraction of sp³-hybridized carbons (Fsp3) is 0.400. The molecule has 0 aliphatic carbocycles. The SMILES string of the molecule is COC(=O)c1c(OC)cc(OC(F)(F)F)nc1CN. The van der Waals surface area contributed by atoms with Crippen LogP contribution in [0.5, 0.6) is 11.6 Å². The topological polar surface area (TPSA) is 83.7 Å². The van der Waals surface area contributed by atoms with Gasteiger partial charge in [-0.2, -0.15) is 0 Å². The van der Waals surface area contributed by atoms with Crippen LogP contribution in [-0.4, -0.2) is 31.5 Å². The molecule has 1 aromatic rings. The second-order valence-corrected chi connectivity index (χ2v) is 3.23. The van der Waals surface area contributed by atoms with Crippen LogP contribution in [0.1, 0.15) is 16.1 Å². The quantitative estimate of drug-likeness (QED) is 0.835. The second kappa shape index (κ2) is 5.74. The molecule has 1 aromatic heterocycles. The summed E-state index contributed by atoms with van der Waals surface area (Å²) in [6, 6.07) is 0.832. The average molecular weight is 280 g/mol.